The molecule has 0 unspecified atom stereocenters. The van der Waals surface area contributed by atoms with Gasteiger partial charge in [0, 0.05) is 12.2 Å². The number of benzene rings is 2. The van der Waals surface area contributed by atoms with E-state index < -0.39 is 6.04 Å². The van der Waals surface area contributed by atoms with E-state index in [0.717, 1.165) is 17.7 Å². The summed E-state index contributed by atoms with van der Waals surface area (Å²) in [6, 6.07) is 16.9. The van der Waals surface area contributed by atoms with Crippen LogP contribution in [0.4, 0.5) is 5.69 Å². The monoisotopic (exact) mass is 308 g/mol. The SMILES string of the molecule is C[C@H](NC(=O)Cc1ccccc1)C(=O)N1CCc2ccccc21. The van der Waals surface area contributed by atoms with Crippen molar-refractivity contribution >= 4 is 17.5 Å². The van der Waals surface area contributed by atoms with Gasteiger partial charge in [-0.25, -0.2) is 0 Å². The number of nitrogens with zero attached hydrogens (tertiary/aromatic N) is 1. The maximum atomic E-state index is 12.6. The molecule has 4 nitrogen and oxygen atoms in total. The number of nitrogens with one attached hydrogen (secondary N) is 1. The Balaban J connectivity index is 1.61. The molecule has 2 aromatic carbocycles. The summed E-state index contributed by atoms with van der Waals surface area (Å²) < 4.78 is 0. The second-order valence-electron chi connectivity index (χ2n) is 5.82. The zero-order chi connectivity index (χ0) is 16.2. The predicted octanol–water partition coefficient (Wildman–Crippen LogP) is 2.32. The minimum atomic E-state index is -0.530. The maximum Gasteiger partial charge on any atom is 0.249 e. The minimum Gasteiger partial charge on any atom is -0.344 e. The number of rotatable bonds is 4. The Morgan fingerprint density at radius 2 is 1.78 bits per heavy atom. The van der Waals surface area contributed by atoms with E-state index in [4.69, 9.17) is 0 Å². The molecule has 23 heavy (non-hydrogen) atoms. The van der Waals surface area contributed by atoms with Crippen LogP contribution in [-0.2, 0) is 22.4 Å². The van der Waals surface area contributed by atoms with Crippen LogP contribution in [0, 0.1) is 0 Å². The van der Waals surface area contributed by atoms with Crippen molar-refractivity contribution in [3.05, 3.63) is 65.7 Å². The lowest BCUT2D eigenvalue weighted by Crippen LogP contribution is -2.47. The molecule has 118 valence electrons. The van der Waals surface area contributed by atoms with Crippen molar-refractivity contribution in [3.8, 4) is 0 Å². The molecular weight excluding hydrogens is 288 g/mol. The molecule has 1 aliphatic rings. The van der Waals surface area contributed by atoms with Gasteiger partial charge in [-0.05, 0) is 30.5 Å². The van der Waals surface area contributed by atoms with Crippen LogP contribution in [0.1, 0.15) is 18.1 Å². The smallest absolute Gasteiger partial charge is 0.249 e. The molecule has 0 radical (unpaired) electrons. The molecule has 0 aromatic heterocycles. The van der Waals surface area contributed by atoms with Crippen molar-refractivity contribution in [1.29, 1.82) is 0 Å². The van der Waals surface area contributed by atoms with Gasteiger partial charge in [0.25, 0.3) is 0 Å². The summed E-state index contributed by atoms with van der Waals surface area (Å²) in [5, 5.41) is 2.81. The van der Waals surface area contributed by atoms with Gasteiger partial charge in [-0.2, -0.15) is 0 Å². The van der Waals surface area contributed by atoms with Crippen molar-refractivity contribution in [2.45, 2.75) is 25.8 Å². The van der Waals surface area contributed by atoms with Gasteiger partial charge in [0.05, 0.1) is 6.42 Å². The molecule has 0 fully saturated rings. The lowest BCUT2D eigenvalue weighted by Gasteiger charge is -2.22. The number of amides is 2. The van der Waals surface area contributed by atoms with Crippen molar-refractivity contribution in [3.63, 3.8) is 0 Å². The average Bonchev–Trinajstić information content (AvgIpc) is 2.99. The van der Waals surface area contributed by atoms with Gasteiger partial charge in [-0.3, -0.25) is 9.59 Å². The van der Waals surface area contributed by atoms with Crippen molar-refractivity contribution in [2.75, 3.05) is 11.4 Å². The first kappa shape index (κ1) is 15.3. The highest BCUT2D eigenvalue weighted by Gasteiger charge is 2.28. The fourth-order valence-electron chi connectivity index (χ4n) is 2.94. The molecular formula is C19H20N2O2. The molecule has 0 bridgehead atoms. The van der Waals surface area contributed by atoms with E-state index in [1.165, 1.54) is 5.56 Å². The summed E-state index contributed by atoms with van der Waals surface area (Å²) >= 11 is 0. The Morgan fingerprint density at radius 3 is 2.57 bits per heavy atom. The molecule has 2 amide bonds. The molecule has 1 atom stereocenters. The Morgan fingerprint density at radius 1 is 1.09 bits per heavy atom. The molecule has 0 saturated carbocycles. The summed E-state index contributed by atoms with van der Waals surface area (Å²) in [7, 11) is 0. The lowest BCUT2D eigenvalue weighted by atomic mass is 10.1. The van der Waals surface area contributed by atoms with Crippen LogP contribution >= 0.6 is 0 Å². The highest BCUT2D eigenvalue weighted by atomic mass is 16.2. The molecule has 2 aromatic rings. The molecule has 1 heterocycles. The summed E-state index contributed by atoms with van der Waals surface area (Å²) in [4.78, 5) is 26.5. The first-order valence-corrected chi connectivity index (χ1v) is 7.88. The summed E-state index contributed by atoms with van der Waals surface area (Å²) in [5.41, 5.74) is 3.08. The van der Waals surface area contributed by atoms with Gasteiger partial charge in [-0.1, -0.05) is 48.5 Å². The van der Waals surface area contributed by atoms with Crippen LogP contribution in [0.2, 0.25) is 0 Å². The van der Waals surface area contributed by atoms with Crippen LogP contribution < -0.4 is 10.2 Å². The van der Waals surface area contributed by atoms with E-state index in [1.807, 2.05) is 54.6 Å². The quantitative estimate of drug-likeness (QED) is 0.942. The first-order chi connectivity index (χ1) is 11.1. The molecule has 1 N–H and O–H groups in total. The zero-order valence-corrected chi connectivity index (χ0v) is 13.2. The fourth-order valence-corrected chi connectivity index (χ4v) is 2.94. The summed E-state index contributed by atoms with van der Waals surface area (Å²) in [5.74, 6) is -0.194. The van der Waals surface area contributed by atoms with Gasteiger partial charge < -0.3 is 10.2 Å². The molecule has 0 spiro atoms. The van der Waals surface area contributed by atoms with Gasteiger partial charge in [0.15, 0.2) is 0 Å². The van der Waals surface area contributed by atoms with Crippen molar-refractivity contribution < 1.29 is 9.59 Å². The van der Waals surface area contributed by atoms with Crippen LogP contribution in [0.3, 0.4) is 0 Å². The number of para-hydroxylation sites is 1. The highest BCUT2D eigenvalue weighted by Crippen LogP contribution is 2.27. The minimum absolute atomic E-state index is 0.0589. The molecule has 0 aliphatic carbocycles. The molecule has 3 rings (SSSR count). The molecule has 0 saturated heterocycles. The Hall–Kier alpha value is -2.62. The second-order valence-corrected chi connectivity index (χ2v) is 5.82. The van der Waals surface area contributed by atoms with Crippen LogP contribution in [0.5, 0.6) is 0 Å². The average molecular weight is 308 g/mol. The predicted molar refractivity (Wildman–Crippen MR) is 90.2 cm³/mol. The Kier molecular flexibility index (Phi) is 4.42. The van der Waals surface area contributed by atoms with E-state index in [1.54, 1.807) is 11.8 Å². The van der Waals surface area contributed by atoms with Gasteiger partial charge in [-0.15, -0.1) is 0 Å². The third-order valence-electron chi connectivity index (χ3n) is 4.11. The molecule has 1 aliphatic heterocycles. The topological polar surface area (TPSA) is 49.4 Å². The van der Waals surface area contributed by atoms with Crippen LogP contribution in [0.25, 0.3) is 0 Å². The Labute approximate surface area is 136 Å². The summed E-state index contributed by atoms with van der Waals surface area (Å²) in [6.45, 7) is 2.42. The van der Waals surface area contributed by atoms with Crippen LogP contribution in [-0.4, -0.2) is 24.4 Å². The van der Waals surface area contributed by atoms with E-state index in [-0.39, 0.29) is 18.2 Å². The lowest BCUT2D eigenvalue weighted by molar-refractivity contribution is -0.126. The third-order valence-corrected chi connectivity index (χ3v) is 4.11. The molecule has 4 heteroatoms. The Bertz CT molecular complexity index is 712. The number of hydrogen-bond acceptors (Lipinski definition) is 2. The normalized spacial score (nSPS) is 14.2. The van der Waals surface area contributed by atoms with Gasteiger partial charge >= 0.3 is 0 Å². The van der Waals surface area contributed by atoms with Crippen LogP contribution in [0.15, 0.2) is 54.6 Å². The maximum absolute atomic E-state index is 12.6. The number of fused-ring (bicyclic) bond motifs is 1. The van der Waals surface area contributed by atoms with Gasteiger partial charge in [0.2, 0.25) is 11.8 Å². The van der Waals surface area contributed by atoms with E-state index >= 15 is 0 Å². The highest BCUT2D eigenvalue weighted by molar-refractivity contribution is 6.00. The number of hydrogen-bond donors (Lipinski definition) is 1. The number of anilines is 1. The summed E-state index contributed by atoms with van der Waals surface area (Å²) in [6.07, 6.45) is 1.15. The number of carbonyl (C=O) groups is 2. The zero-order valence-electron chi connectivity index (χ0n) is 13.2. The second kappa shape index (κ2) is 6.65. The largest absolute Gasteiger partial charge is 0.344 e. The standard InChI is InChI=1S/C19H20N2O2/c1-14(20-18(22)13-15-7-3-2-4-8-15)19(23)21-12-11-16-9-5-6-10-17(16)21/h2-10,14H,11-13H2,1H3,(H,20,22)/t14-/m0/s1. The fraction of sp³-hybridized carbons (Fsp3) is 0.263. The van der Waals surface area contributed by atoms with Crippen molar-refractivity contribution in [2.24, 2.45) is 0 Å². The van der Waals surface area contributed by atoms with Gasteiger partial charge in [0.1, 0.15) is 6.04 Å². The third kappa shape index (κ3) is 3.42. The van der Waals surface area contributed by atoms with E-state index in [2.05, 4.69) is 5.32 Å². The number of carbonyl (C=O) groups excluding carboxylic acids is 2. The van der Waals surface area contributed by atoms with Crippen molar-refractivity contribution in [1.82, 2.24) is 5.32 Å². The first-order valence-electron chi connectivity index (χ1n) is 7.88. The van der Waals surface area contributed by atoms with E-state index in [9.17, 15) is 9.59 Å². The van der Waals surface area contributed by atoms with E-state index in [0.29, 0.717) is 6.54 Å².